The molecule has 0 unspecified atom stereocenters. The number of aliphatic imine (C=N–C) groups is 1. The Balaban J connectivity index is 2.31. The standard InChI is InChI=1S/C18H30N4O4/c1-18(2,3)26-17(23)21-10-6-9-20-16(19)22-12-13-7-8-14(24-4)15(11-13)25-5/h7-8,11H,6,9-10,12H2,1-5H3,(H,21,23)(H3,19,20,22). The van der Waals surface area contributed by atoms with E-state index >= 15 is 0 Å². The largest absolute Gasteiger partial charge is 0.493 e. The molecule has 146 valence electrons. The van der Waals surface area contributed by atoms with Crippen molar-refractivity contribution < 1.29 is 19.0 Å². The number of carbonyl (C=O) groups excluding carboxylic acids is 1. The molecule has 0 saturated carbocycles. The summed E-state index contributed by atoms with van der Waals surface area (Å²) in [7, 11) is 3.18. The minimum Gasteiger partial charge on any atom is -0.493 e. The number of carbonyl (C=O) groups is 1. The summed E-state index contributed by atoms with van der Waals surface area (Å²) >= 11 is 0. The third-order valence-electron chi connectivity index (χ3n) is 3.21. The highest BCUT2D eigenvalue weighted by Gasteiger charge is 2.15. The summed E-state index contributed by atoms with van der Waals surface area (Å²) in [5.74, 6) is 1.67. The van der Waals surface area contributed by atoms with E-state index in [0.29, 0.717) is 43.5 Å². The van der Waals surface area contributed by atoms with Crippen LogP contribution in [0.1, 0.15) is 32.8 Å². The maximum Gasteiger partial charge on any atom is 0.407 e. The first-order valence-corrected chi connectivity index (χ1v) is 8.46. The first-order valence-electron chi connectivity index (χ1n) is 8.46. The average molecular weight is 366 g/mol. The summed E-state index contributed by atoms with van der Waals surface area (Å²) in [6.07, 6.45) is 0.277. The Labute approximate surface area is 155 Å². The number of amides is 1. The summed E-state index contributed by atoms with van der Waals surface area (Å²) in [5.41, 5.74) is 6.31. The zero-order chi connectivity index (χ0) is 19.6. The van der Waals surface area contributed by atoms with Crippen LogP contribution in [0.15, 0.2) is 23.2 Å². The van der Waals surface area contributed by atoms with Gasteiger partial charge in [-0.05, 0) is 44.9 Å². The van der Waals surface area contributed by atoms with Crippen molar-refractivity contribution in [1.29, 1.82) is 0 Å². The van der Waals surface area contributed by atoms with Crippen LogP contribution in [0.4, 0.5) is 4.79 Å². The number of alkyl carbamates (subject to hydrolysis) is 1. The summed E-state index contributed by atoms with van der Waals surface area (Å²) < 4.78 is 15.6. The van der Waals surface area contributed by atoms with Gasteiger partial charge in [0.2, 0.25) is 0 Å². The van der Waals surface area contributed by atoms with Crippen molar-refractivity contribution in [3.8, 4) is 11.5 Å². The first-order chi connectivity index (χ1) is 12.2. The predicted octanol–water partition coefficient (Wildman–Crippen LogP) is 2.02. The SMILES string of the molecule is COc1ccc(CN=C(N)NCCCNC(=O)OC(C)(C)C)cc1OC. The minimum atomic E-state index is -0.496. The van der Waals surface area contributed by atoms with Crippen LogP contribution in [-0.4, -0.2) is 45.0 Å². The van der Waals surface area contributed by atoms with Gasteiger partial charge in [0.15, 0.2) is 17.5 Å². The molecule has 1 rings (SSSR count). The molecule has 0 bridgehead atoms. The van der Waals surface area contributed by atoms with Crippen LogP contribution < -0.4 is 25.8 Å². The zero-order valence-corrected chi connectivity index (χ0v) is 16.2. The number of nitrogens with two attached hydrogens (primary N) is 1. The maximum atomic E-state index is 11.5. The number of nitrogens with one attached hydrogen (secondary N) is 2. The van der Waals surface area contributed by atoms with Gasteiger partial charge >= 0.3 is 6.09 Å². The molecule has 0 radical (unpaired) electrons. The highest BCUT2D eigenvalue weighted by molar-refractivity contribution is 5.77. The molecule has 0 spiro atoms. The number of nitrogens with zero attached hydrogens (tertiary/aromatic N) is 1. The molecule has 0 saturated heterocycles. The molecule has 0 atom stereocenters. The van der Waals surface area contributed by atoms with E-state index in [9.17, 15) is 4.79 Å². The Kier molecular flexibility index (Phi) is 8.54. The topological polar surface area (TPSA) is 107 Å². The molecular formula is C18H30N4O4. The molecule has 0 heterocycles. The summed E-state index contributed by atoms with van der Waals surface area (Å²) in [4.78, 5) is 15.8. The fourth-order valence-electron chi connectivity index (χ4n) is 2.02. The van der Waals surface area contributed by atoms with Crippen LogP contribution in [0.25, 0.3) is 0 Å². The maximum absolute atomic E-state index is 11.5. The fourth-order valence-corrected chi connectivity index (χ4v) is 2.02. The normalized spacial score (nSPS) is 11.7. The van der Waals surface area contributed by atoms with Crippen LogP contribution in [0, 0.1) is 0 Å². The molecule has 1 aromatic carbocycles. The van der Waals surface area contributed by atoms with E-state index in [1.807, 2.05) is 39.0 Å². The Bertz CT molecular complexity index is 612. The number of methoxy groups -OCH3 is 2. The van der Waals surface area contributed by atoms with Gasteiger partial charge in [-0.15, -0.1) is 0 Å². The van der Waals surface area contributed by atoms with Crippen LogP contribution in [-0.2, 0) is 11.3 Å². The van der Waals surface area contributed by atoms with Gasteiger partial charge in [0, 0.05) is 13.1 Å². The fraction of sp³-hybridized carbons (Fsp3) is 0.556. The highest BCUT2D eigenvalue weighted by atomic mass is 16.6. The number of hydrogen-bond donors (Lipinski definition) is 3. The number of rotatable bonds is 8. The van der Waals surface area contributed by atoms with Crippen LogP contribution in [0.5, 0.6) is 11.5 Å². The number of guanidine groups is 1. The van der Waals surface area contributed by atoms with Gasteiger partial charge in [-0.2, -0.15) is 0 Å². The molecule has 4 N–H and O–H groups in total. The summed E-state index contributed by atoms with van der Waals surface area (Å²) in [5, 5.41) is 5.69. The lowest BCUT2D eigenvalue weighted by Gasteiger charge is -2.19. The third kappa shape index (κ3) is 8.46. The molecule has 0 fully saturated rings. The molecule has 26 heavy (non-hydrogen) atoms. The van der Waals surface area contributed by atoms with Gasteiger partial charge in [0.25, 0.3) is 0 Å². The molecule has 0 aliphatic heterocycles. The van der Waals surface area contributed by atoms with Gasteiger partial charge in [0.05, 0.1) is 20.8 Å². The second-order valence-corrected chi connectivity index (χ2v) is 6.60. The number of hydrogen-bond acceptors (Lipinski definition) is 5. The Morgan fingerprint density at radius 3 is 2.38 bits per heavy atom. The Morgan fingerprint density at radius 1 is 1.12 bits per heavy atom. The molecule has 0 aliphatic rings. The monoisotopic (exact) mass is 366 g/mol. The highest BCUT2D eigenvalue weighted by Crippen LogP contribution is 2.27. The lowest BCUT2D eigenvalue weighted by atomic mass is 10.2. The smallest absolute Gasteiger partial charge is 0.407 e. The van der Waals surface area contributed by atoms with Crippen molar-refractivity contribution in [2.45, 2.75) is 39.3 Å². The van der Waals surface area contributed by atoms with E-state index in [2.05, 4.69) is 15.6 Å². The summed E-state index contributed by atoms with van der Waals surface area (Å²) in [6, 6.07) is 5.60. The molecule has 8 nitrogen and oxygen atoms in total. The van der Waals surface area contributed by atoms with Crippen molar-refractivity contribution in [3.63, 3.8) is 0 Å². The second-order valence-electron chi connectivity index (χ2n) is 6.60. The van der Waals surface area contributed by atoms with Crippen molar-refractivity contribution in [3.05, 3.63) is 23.8 Å². The lowest BCUT2D eigenvalue weighted by Crippen LogP contribution is -2.36. The predicted molar refractivity (Wildman–Crippen MR) is 102 cm³/mol. The zero-order valence-electron chi connectivity index (χ0n) is 16.2. The lowest BCUT2D eigenvalue weighted by molar-refractivity contribution is 0.0527. The van der Waals surface area contributed by atoms with E-state index < -0.39 is 11.7 Å². The molecule has 1 amide bonds. The van der Waals surface area contributed by atoms with E-state index in [4.69, 9.17) is 19.9 Å². The van der Waals surface area contributed by atoms with Gasteiger partial charge in [-0.3, -0.25) is 0 Å². The van der Waals surface area contributed by atoms with Gasteiger partial charge in [0.1, 0.15) is 5.60 Å². The van der Waals surface area contributed by atoms with Crippen molar-refractivity contribution in [2.75, 3.05) is 27.3 Å². The van der Waals surface area contributed by atoms with E-state index in [1.165, 1.54) is 0 Å². The Morgan fingerprint density at radius 2 is 1.77 bits per heavy atom. The number of ether oxygens (including phenoxy) is 3. The molecular weight excluding hydrogens is 336 g/mol. The molecule has 8 heteroatoms. The van der Waals surface area contributed by atoms with Gasteiger partial charge in [-0.25, -0.2) is 9.79 Å². The average Bonchev–Trinajstić information content (AvgIpc) is 2.57. The van der Waals surface area contributed by atoms with E-state index in [-0.39, 0.29) is 0 Å². The van der Waals surface area contributed by atoms with E-state index in [1.54, 1.807) is 14.2 Å². The van der Waals surface area contributed by atoms with Gasteiger partial charge < -0.3 is 30.6 Å². The second kappa shape index (κ2) is 10.4. The van der Waals surface area contributed by atoms with Crippen molar-refractivity contribution in [1.82, 2.24) is 10.6 Å². The van der Waals surface area contributed by atoms with Crippen LogP contribution in [0.2, 0.25) is 0 Å². The third-order valence-corrected chi connectivity index (χ3v) is 3.21. The van der Waals surface area contributed by atoms with Crippen LogP contribution >= 0.6 is 0 Å². The van der Waals surface area contributed by atoms with Crippen molar-refractivity contribution in [2.24, 2.45) is 10.7 Å². The van der Waals surface area contributed by atoms with Gasteiger partial charge in [-0.1, -0.05) is 6.07 Å². The molecule has 1 aromatic rings. The number of benzene rings is 1. The molecule has 0 aliphatic carbocycles. The van der Waals surface area contributed by atoms with E-state index in [0.717, 1.165) is 5.56 Å². The first kappa shape index (κ1) is 21.4. The summed E-state index contributed by atoms with van der Waals surface area (Å²) in [6.45, 7) is 6.98. The quantitative estimate of drug-likeness (QED) is 0.369. The molecule has 0 aromatic heterocycles. The minimum absolute atomic E-state index is 0.344. The van der Waals surface area contributed by atoms with Crippen LogP contribution in [0.3, 0.4) is 0 Å². The Hall–Kier alpha value is -2.64. The van der Waals surface area contributed by atoms with Crippen molar-refractivity contribution >= 4 is 12.1 Å².